The third-order valence-corrected chi connectivity index (χ3v) is 2.46. The average molecular weight is 225 g/mol. The number of nitriles is 1. The van der Waals surface area contributed by atoms with Crippen LogP contribution in [-0.2, 0) is 0 Å². The molecule has 0 bridgehead atoms. The molecule has 0 amide bonds. The highest BCUT2D eigenvalue weighted by Crippen LogP contribution is 2.31. The minimum Gasteiger partial charge on any atom is -0.373 e. The number of hydrogen-bond acceptors (Lipinski definition) is 4. The van der Waals surface area contributed by atoms with Gasteiger partial charge in [-0.1, -0.05) is 12.7 Å². The Morgan fingerprint density at radius 1 is 1.53 bits per heavy atom. The van der Waals surface area contributed by atoms with E-state index in [9.17, 15) is 0 Å². The van der Waals surface area contributed by atoms with Crippen molar-refractivity contribution in [2.24, 2.45) is 0 Å². The van der Waals surface area contributed by atoms with E-state index in [0.29, 0.717) is 11.4 Å². The van der Waals surface area contributed by atoms with Crippen molar-refractivity contribution >= 4 is 11.9 Å². The summed E-state index contributed by atoms with van der Waals surface area (Å²) >= 11 is 0. The van der Waals surface area contributed by atoms with E-state index in [-0.39, 0.29) is 0 Å². The monoisotopic (exact) mass is 225 g/mol. The van der Waals surface area contributed by atoms with Crippen LogP contribution in [0.25, 0.3) is 17.2 Å². The highest BCUT2D eigenvalue weighted by molar-refractivity contribution is 5.84. The van der Waals surface area contributed by atoms with Gasteiger partial charge in [-0.3, -0.25) is 5.10 Å². The van der Waals surface area contributed by atoms with E-state index in [0.717, 1.165) is 16.7 Å². The number of aromatic nitrogens is 3. The van der Waals surface area contributed by atoms with Crippen LogP contribution in [0.1, 0.15) is 11.1 Å². The zero-order chi connectivity index (χ0) is 12.3. The lowest BCUT2D eigenvalue weighted by molar-refractivity contribution is 1.09. The third kappa shape index (κ3) is 1.76. The Balaban J connectivity index is 2.78. The van der Waals surface area contributed by atoms with E-state index in [4.69, 9.17) is 5.26 Å². The first-order valence-corrected chi connectivity index (χ1v) is 5.04. The summed E-state index contributed by atoms with van der Waals surface area (Å²) in [7, 11) is 1.78. The number of aromatic amines is 1. The Morgan fingerprint density at radius 3 is 2.88 bits per heavy atom. The molecule has 2 aromatic rings. The SMILES string of the molecule is C=Cc1c(NC)ncc(C#N)c1-c1cn[nH]c1. The average Bonchev–Trinajstić information content (AvgIpc) is 2.90. The third-order valence-electron chi connectivity index (χ3n) is 2.46. The van der Waals surface area contributed by atoms with Gasteiger partial charge in [-0.25, -0.2) is 4.98 Å². The molecule has 0 radical (unpaired) electrons. The molecule has 0 unspecified atom stereocenters. The molecule has 0 fully saturated rings. The zero-order valence-electron chi connectivity index (χ0n) is 9.36. The van der Waals surface area contributed by atoms with Gasteiger partial charge in [-0.2, -0.15) is 10.4 Å². The second-order valence-corrected chi connectivity index (χ2v) is 3.36. The molecule has 5 heteroatoms. The summed E-state index contributed by atoms with van der Waals surface area (Å²) in [6.45, 7) is 3.77. The van der Waals surface area contributed by atoms with Crippen molar-refractivity contribution in [2.45, 2.75) is 0 Å². The number of anilines is 1. The van der Waals surface area contributed by atoms with Gasteiger partial charge >= 0.3 is 0 Å². The highest BCUT2D eigenvalue weighted by Gasteiger charge is 2.14. The van der Waals surface area contributed by atoms with E-state index >= 15 is 0 Å². The van der Waals surface area contributed by atoms with Crippen molar-refractivity contribution in [3.05, 3.63) is 36.3 Å². The fraction of sp³-hybridized carbons (Fsp3) is 0.0833. The largest absolute Gasteiger partial charge is 0.373 e. The maximum absolute atomic E-state index is 9.13. The molecule has 2 rings (SSSR count). The van der Waals surface area contributed by atoms with E-state index in [1.54, 1.807) is 31.7 Å². The highest BCUT2D eigenvalue weighted by atomic mass is 15.1. The van der Waals surface area contributed by atoms with Crippen LogP contribution in [-0.4, -0.2) is 22.2 Å². The number of pyridine rings is 1. The van der Waals surface area contributed by atoms with Crippen molar-refractivity contribution in [3.8, 4) is 17.2 Å². The van der Waals surface area contributed by atoms with E-state index < -0.39 is 0 Å². The van der Waals surface area contributed by atoms with Crippen LogP contribution >= 0.6 is 0 Å². The molecule has 0 aliphatic heterocycles. The van der Waals surface area contributed by atoms with Crippen LogP contribution in [0.4, 0.5) is 5.82 Å². The van der Waals surface area contributed by atoms with Crippen molar-refractivity contribution in [1.29, 1.82) is 5.26 Å². The molecule has 0 saturated heterocycles. The molecule has 2 heterocycles. The molecule has 2 aromatic heterocycles. The van der Waals surface area contributed by atoms with Gasteiger partial charge in [0.15, 0.2) is 0 Å². The summed E-state index contributed by atoms with van der Waals surface area (Å²) in [6, 6.07) is 2.13. The Kier molecular flexibility index (Phi) is 2.88. The molecular weight excluding hydrogens is 214 g/mol. The Morgan fingerprint density at radius 2 is 2.35 bits per heavy atom. The van der Waals surface area contributed by atoms with Crippen LogP contribution < -0.4 is 5.32 Å². The van der Waals surface area contributed by atoms with Gasteiger partial charge in [0, 0.05) is 36.1 Å². The first-order valence-electron chi connectivity index (χ1n) is 5.04. The maximum Gasteiger partial charge on any atom is 0.133 e. The van der Waals surface area contributed by atoms with Gasteiger partial charge in [-0.05, 0) is 0 Å². The van der Waals surface area contributed by atoms with E-state index in [2.05, 4.69) is 33.1 Å². The number of nitrogens with zero attached hydrogens (tertiary/aromatic N) is 3. The Hall–Kier alpha value is -2.61. The molecule has 2 N–H and O–H groups in total. The van der Waals surface area contributed by atoms with Gasteiger partial charge in [-0.15, -0.1) is 0 Å². The fourth-order valence-electron chi connectivity index (χ4n) is 1.71. The van der Waals surface area contributed by atoms with Crippen LogP contribution in [0.5, 0.6) is 0 Å². The fourth-order valence-corrected chi connectivity index (χ4v) is 1.71. The molecule has 0 spiro atoms. The van der Waals surface area contributed by atoms with Gasteiger partial charge in [0.2, 0.25) is 0 Å². The lowest BCUT2D eigenvalue weighted by Gasteiger charge is -2.10. The molecule has 84 valence electrons. The van der Waals surface area contributed by atoms with Crippen LogP contribution in [0.15, 0.2) is 25.2 Å². The molecule has 5 nitrogen and oxygen atoms in total. The smallest absolute Gasteiger partial charge is 0.133 e. The zero-order valence-corrected chi connectivity index (χ0v) is 9.36. The quantitative estimate of drug-likeness (QED) is 0.837. The number of H-pyrrole nitrogens is 1. The molecular formula is C12H11N5. The van der Waals surface area contributed by atoms with Crippen molar-refractivity contribution in [1.82, 2.24) is 15.2 Å². The molecule has 0 aliphatic carbocycles. The van der Waals surface area contributed by atoms with Crippen LogP contribution in [0.3, 0.4) is 0 Å². The lowest BCUT2D eigenvalue weighted by Crippen LogP contribution is -1.99. The lowest BCUT2D eigenvalue weighted by atomic mass is 9.99. The topological polar surface area (TPSA) is 77.4 Å². The Bertz CT molecular complexity index is 578. The van der Waals surface area contributed by atoms with Crippen LogP contribution in [0.2, 0.25) is 0 Å². The summed E-state index contributed by atoms with van der Waals surface area (Å²) in [5.74, 6) is 0.690. The molecule has 0 atom stereocenters. The predicted octanol–water partition coefficient (Wildman–Crippen LogP) is 2.03. The van der Waals surface area contributed by atoms with E-state index in [1.807, 2.05) is 0 Å². The predicted molar refractivity (Wildman–Crippen MR) is 66.2 cm³/mol. The molecule has 17 heavy (non-hydrogen) atoms. The van der Waals surface area contributed by atoms with Crippen molar-refractivity contribution in [3.63, 3.8) is 0 Å². The second-order valence-electron chi connectivity index (χ2n) is 3.36. The normalized spacial score (nSPS) is 9.65. The first kappa shape index (κ1) is 10.9. The number of rotatable bonds is 3. The minimum absolute atomic E-state index is 0.500. The second kappa shape index (κ2) is 4.49. The maximum atomic E-state index is 9.13. The standard InChI is InChI=1S/C12H11N5/c1-3-10-11(9-6-16-17-7-9)8(4-13)5-15-12(10)14-2/h3,5-7H,1H2,2H3,(H,14,15)(H,16,17). The first-order chi connectivity index (χ1) is 8.31. The molecule has 0 saturated carbocycles. The number of nitrogens with one attached hydrogen (secondary N) is 2. The summed E-state index contributed by atoms with van der Waals surface area (Å²) in [5.41, 5.74) is 2.93. The van der Waals surface area contributed by atoms with Gasteiger partial charge in [0.25, 0.3) is 0 Å². The molecule has 0 aliphatic rings. The summed E-state index contributed by atoms with van der Waals surface area (Å²) in [4.78, 5) is 4.17. The van der Waals surface area contributed by atoms with E-state index in [1.165, 1.54) is 0 Å². The van der Waals surface area contributed by atoms with Gasteiger partial charge < -0.3 is 5.32 Å². The number of hydrogen-bond donors (Lipinski definition) is 2. The van der Waals surface area contributed by atoms with Crippen molar-refractivity contribution < 1.29 is 0 Å². The van der Waals surface area contributed by atoms with Gasteiger partial charge in [0.05, 0.1) is 11.8 Å². The summed E-state index contributed by atoms with van der Waals surface area (Å²) in [5, 5.41) is 18.7. The minimum atomic E-state index is 0.500. The summed E-state index contributed by atoms with van der Waals surface area (Å²) < 4.78 is 0. The molecule has 0 aromatic carbocycles. The van der Waals surface area contributed by atoms with Crippen molar-refractivity contribution in [2.75, 3.05) is 12.4 Å². The van der Waals surface area contributed by atoms with Crippen LogP contribution in [0, 0.1) is 11.3 Å². The summed E-state index contributed by atoms with van der Waals surface area (Å²) in [6.07, 6.45) is 6.63. The van der Waals surface area contributed by atoms with Gasteiger partial charge in [0.1, 0.15) is 11.9 Å². The Labute approximate surface area is 98.8 Å².